The van der Waals surface area contributed by atoms with E-state index in [0.29, 0.717) is 19.0 Å². The number of hydrogen-bond acceptors (Lipinski definition) is 3. The van der Waals surface area contributed by atoms with Crippen LogP contribution in [0.1, 0.15) is 23.5 Å². The van der Waals surface area contributed by atoms with E-state index < -0.39 is 0 Å². The Morgan fingerprint density at radius 3 is 2.25 bits per heavy atom. The number of rotatable bonds is 5. The summed E-state index contributed by atoms with van der Waals surface area (Å²) < 4.78 is 6.85. The molecular weight excluding hydrogens is 416 g/mol. The Labute approximate surface area is 173 Å². The van der Waals surface area contributed by atoms with Crippen molar-refractivity contribution in [3.63, 3.8) is 0 Å². The van der Waals surface area contributed by atoms with E-state index in [-0.39, 0.29) is 17.9 Å². The Morgan fingerprint density at radius 2 is 1.64 bits per heavy atom. The van der Waals surface area contributed by atoms with Crippen LogP contribution in [0.4, 0.5) is 0 Å². The van der Waals surface area contributed by atoms with Gasteiger partial charge in [0, 0.05) is 19.2 Å². The third-order valence-corrected chi connectivity index (χ3v) is 5.58. The predicted molar refractivity (Wildman–Crippen MR) is 112 cm³/mol. The molecule has 0 N–H and O–H groups in total. The number of halogens is 1. The number of benzene rings is 2. The van der Waals surface area contributed by atoms with E-state index in [2.05, 4.69) is 20.9 Å². The van der Waals surface area contributed by atoms with Crippen molar-refractivity contribution in [3.05, 3.63) is 94.6 Å². The zero-order chi connectivity index (χ0) is 19.3. The molecule has 3 aromatic rings. The van der Waals surface area contributed by atoms with Crippen LogP contribution >= 0.6 is 15.9 Å². The highest BCUT2D eigenvalue weighted by Gasteiger charge is 2.33. The third-order valence-electron chi connectivity index (χ3n) is 4.97. The Morgan fingerprint density at radius 1 is 1.00 bits per heavy atom. The van der Waals surface area contributed by atoms with Crippen LogP contribution in [0.2, 0.25) is 0 Å². The predicted octanol–water partition coefficient (Wildman–Crippen LogP) is 4.66. The normalized spacial score (nSPS) is 16.4. The minimum atomic E-state index is -0.303. The van der Waals surface area contributed by atoms with Gasteiger partial charge in [-0.25, -0.2) is 4.98 Å². The molecule has 2 heterocycles. The second kappa shape index (κ2) is 8.57. The molecule has 1 aliphatic rings. The molecule has 1 aromatic heterocycles. The summed E-state index contributed by atoms with van der Waals surface area (Å²) in [6.07, 6.45) is 2.45. The average Bonchev–Trinajstić information content (AvgIpc) is 3.20. The fraction of sp³-hybridized carbons (Fsp3) is 0.217. The molecule has 142 valence electrons. The summed E-state index contributed by atoms with van der Waals surface area (Å²) in [5.74, 6) is 0.385. The van der Waals surface area contributed by atoms with Gasteiger partial charge < -0.3 is 9.64 Å². The first-order valence-electron chi connectivity index (χ1n) is 9.38. The van der Waals surface area contributed by atoms with E-state index >= 15 is 0 Å². The van der Waals surface area contributed by atoms with Crippen LogP contribution in [0, 0.1) is 0 Å². The van der Waals surface area contributed by atoms with Crippen molar-refractivity contribution in [2.45, 2.75) is 18.4 Å². The summed E-state index contributed by atoms with van der Waals surface area (Å²) in [5, 5.41) is 0. The molecule has 1 unspecified atom stereocenters. The van der Waals surface area contributed by atoms with Gasteiger partial charge in [-0.2, -0.15) is 0 Å². The van der Waals surface area contributed by atoms with Gasteiger partial charge >= 0.3 is 0 Å². The van der Waals surface area contributed by atoms with Crippen LogP contribution in [0.15, 0.2) is 83.5 Å². The van der Waals surface area contributed by atoms with E-state index in [1.165, 1.54) is 0 Å². The Kier molecular flexibility index (Phi) is 5.72. The molecule has 2 aromatic carbocycles. The lowest BCUT2D eigenvalue weighted by molar-refractivity contribution is -0.131. The number of hydrogen-bond donors (Lipinski definition) is 0. The standard InChI is InChI=1S/C23H21BrN2O2/c24-20-12-7-14-25-22(20)28-19-13-15-26(16-19)23(27)21(17-8-3-1-4-9-17)18-10-5-2-6-11-18/h1-12,14,19,21H,13,15-16H2. The topological polar surface area (TPSA) is 42.4 Å². The van der Waals surface area contributed by atoms with Crippen LogP contribution in [-0.4, -0.2) is 35.0 Å². The number of amides is 1. The molecule has 1 atom stereocenters. The van der Waals surface area contributed by atoms with Gasteiger partial charge in [0.05, 0.1) is 16.9 Å². The molecule has 4 rings (SSSR count). The Bertz CT molecular complexity index is 894. The zero-order valence-corrected chi connectivity index (χ0v) is 17.0. The number of nitrogens with zero attached hydrogens (tertiary/aromatic N) is 2. The van der Waals surface area contributed by atoms with Gasteiger partial charge in [-0.15, -0.1) is 0 Å². The number of aromatic nitrogens is 1. The maximum absolute atomic E-state index is 13.5. The molecule has 1 fully saturated rings. The summed E-state index contributed by atoms with van der Waals surface area (Å²) in [5.41, 5.74) is 2.02. The largest absolute Gasteiger partial charge is 0.472 e. The van der Waals surface area contributed by atoms with E-state index in [1.807, 2.05) is 77.7 Å². The lowest BCUT2D eigenvalue weighted by atomic mass is 9.90. The molecule has 0 spiro atoms. The zero-order valence-electron chi connectivity index (χ0n) is 15.4. The Balaban J connectivity index is 1.53. The van der Waals surface area contributed by atoms with E-state index in [4.69, 9.17) is 4.74 Å². The lowest BCUT2D eigenvalue weighted by Crippen LogP contribution is -2.35. The summed E-state index contributed by atoms with van der Waals surface area (Å²) in [6, 6.07) is 23.7. The number of pyridine rings is 1. The minimum absolute atomic E-state index is 0.0534. The summed E-state index contributed by atoms with van der Waals surface area (Å²) >= 11 is 3.46. The van der Waals surface area contributed by atoms with Gasteiger partial charge in [0.2, 0.25) is 11.8 Å². The molecule has 28 heavy (non-hydrogen) atoms. The van der Waals surface area contributed by atoms with Crippen molar-refractivity contribution < 1.29 is 9.53 Å². The lowest BCUT2D eigenvalue weighted by Gasteiger charge is -2.24. The molecule has 5 heteroatoms. The highest BCUT2D eigenvalue weighted by molar-refractivity contribution is 9.10. The van der Waals surface area contributed by atoms with Gasteiger partial charge in [-0.3, -0.25) is 4.79 Å². The molecule has 1 saturated heterocycles. The van der Waals surface area contributed by atoms with Crippen molar-refractivity contribution in [2.75, 3.05) is 13.1 Å². The molecule has 0 saturated carbocycles. The fourth-order valence-corrected chi connectivity index (χ4v) is 3.94. The summed E-state index contributed by atoms with van der Waals surface area (Å²) in [7, 11) is 0. The minimum Gasteiger partial charge on any atom is -0.472 e. The first kappa shape index (κ1) is 18.7. The fourth-order valence-electron chi connectivity index (χ4n) is 3.59. The van der Waals surface area contributed by atoms with Crippen LogP contribution in [0.5, 0.6) is 5.88 Å². The molecule has 1 amide bonds. The van der Waals surface area contributed by atoms with E-state index in [0.717, 1.165) is 22.0 Å². The monoisotopic (exact) mass is 436 g/mol. The van der Waals surface area contributed by atoms with Crippen molar-refractivity contribution in [1.29, 1.82) is 0 Å². The van der Waals surface area contributed by atoms with Crippen LogP contribution in [0.3, 0.4) is 0 Å². The van der Waals surface area contributed by atoms with Gasteiger partial charge in [0.1, 0.15) is 6.10 Å². The average molecular weight is 437 g/mol. The molecular formula is C23H21BrN2O2. The van der Waals surface area contributed by atoms with Crippen LogP contribution in [-0.2, 0) is 4.79 Å². The van der Waals surface area contributed by atoms with Crippen molar-refractivity contribution in [2.24, 2.45) is 0 Å². The first-order chi connectivity index (χ1) is 13.7. The van der Waals surface area contributed by atoms with Crippen molar-refractivity contribution in [3.8, 4) is 5.88 Å². The van der Waals surface area contributed by atoms with Gasteiger partial charge in [-0.1, -0.05) is 60.7 Å². The highest BCUT2D eigenvalue weighted by Crippen LogP contribution is 2.30. The van der Waals surface area contributed by atoms with Gasteiger partial charge in [0.15, 0.2) is 0 Å². The number of carbonyl (C=O) groups excluding carboxylic acids is 1. The molecule has 0 aliphatic carbocycles. The van der Waals surface area contributed by atoms with E-state index in [1.54, 1.807) is 6.20 Å². The smallest absolute Gasteiger partial charge is 0.234 e. The second-order valence-electron chi connectivity index (χ2n) is 6.86. The molecule has 4 nitrogen and oxygen atoms in total. The number of ether oxygens (including phenoxy) is 1. The highest BCUT2D eigenvalue weighted by atomic mass is 79.9. The van der Waals surface area contributed by atoms with Gasteiger partial charge in [-0.05, 0) is 39.2 Å². The quantitative estimate of drug-likeness (QED) is 0.584. The van der Waals surface area contributed by atoms with Crippen molar-refractivity contribution >= 4 is 21.8 Å². The number of carbonyl (C=O) groups is 1. The van der Waals surface area contributed by atoms with Crippen LogP contribution < -0.4 is 4.74 Å². The second-order valence-corrected chi connectivity index (χ2v) is 7.71. The number of likely N-dealkylation sites (tertiary alicyclic amines) is 1. The molecule has 1 aliphatic heterocycles. The third kappa shape index (κ3) is 4.09. The Hall–Kier alpha value is -2.66. The maximum Gasteiger partial charge on any atom is 0.234 e. The summed E-state index contributed by atoms with van der Waals surface area (Å²) in [4.78, 5) is 19.6. The molecule has 0 bridgehead atoms. The van der Waals surface area contributed by atoms with Gasteiger partial charge in [0.25, 0.3) is 0 Å². The SMILES string of the molecule is O=C(C(c1ccccc1)c1ccccc1)N1CCC(Oc2ncccc2Br)C1. The maximum atomic E-state index is 13.5. The first-order valence-corrected chi connectivity index (χ1v) is 10.2. The van der Waals surface area contributed by atoms with Crippen molar-refractivity contribution in [1.82, 2.24) is 9.88 Å². The molecule has 0 radical (unpaired) electrons. The van der Waals surface area contributed by atoms with Crippen LogP contribution in [0.25, 0.3) is 0 Å². The summed E-state index contributed by atoms with van der Waals surface area (Å²) in [6.45, 7) is 1.25. The van der Waals surface area contributed by atoms with E-state index in [9.17, 15) is 4.79 Å².